The number of fused-ring (bicyclic) bond motifs is 1. The normalized spacial score (nSPS) is 11.3. The molecule has 20 heavy (non-hydrogen) atoms. The van der Waals surface area contributed by atoms with Gasteiger partial charge in [0.15, 0.2) is 0 Å². The van der Waals surface area contributed by atoms with E-state index >= 15 is 0 Å². The number of rotatable bonds is 4. The van der Waals surface area contributed by atoms with Crippen LogP contribution in [0.5, 0.6) is 0 Å². The highest BCUT2D eigenvalue weighted by Crippen LogP contribution is 2.24. The van der Waals surface area contributed by atoms with Crippen molar-refractivity contribution in [2.75, 3.05) is 6.61 Å². The molecular formula is C16H16N2O2. The molecule has 0 saturated carbocycles. The molecule has 0 spiro atoms. The predicted octanol–water partition coefficient (Wildman–Crippen LogP) is 3.20. The van der Waals surface area contributed by atoms with E-state index in [9.17, 15) is 4.79 Å². The van der Waals surface area contributed by atoms with Crippen LogP contribution in [0.1, 0.15) is 25.0 Å². The minimum atomic E-state index is -0.587. The lowest BCUT2D eigenvalue weighted by atomic mass is 10.1. The number of aromatic amines is 1. The average Bonchev–Trinajstić information content (AvgIpc) is 2.87. The van der Waals surface area contributed by atoms with Gasteiger partial charge in [0.2, 0.25) is 0 Å². The van der Waals surface area contributed by atoms with E-state index in [1.54, 1.807) is 19.2 Å². The molecular weight excluding hydrogens is 252 g/mol. The van der Waals surface area contributed by atoms with Crippen molar-refractivity contribution in [3.63, 3.8) is 0 Å². The third-order valence-corrected chi connectivity index (χ3v) is 3.13. The number of hydrogen-bond acceptors (Lipinski definition) is 3. The number of nitriles is 1. The van der Waals surface area contributed by atoms with Crippen molar-refractivity contribution in [1.29, 1.82) is 5.26 Å². The van der Waals surface area contributed by atoms with Crippen LogP contribution < -0.4 is 0 Å². The molecule has 0 aliphatic heterocycles. The van der Waals surface area contributed by atoms with Crippen molar-refractivity contribution in [2.45, 2.75) is 20.3 Å². The summed E-state index contributed by atoms with van der Waals surface area (Å²) in [6.45, 7) is 4.06. The van der Waals surface area contributed by atoms with Crippen molar-refractivity contribution in [3.8, 4) is 6.07 Å². The number of aryl methyl sites for hydroxylation is 1. The third-order valence-electron chi connectivity index (χ3n) is 3.13. The van der Waals surface area contributed by atoms with E-state index in [1.165, 1.54) is 5.56 Å². The number of para-hydroxylation sites is 1. The fourth-order valence-corrected chi connectivity index (χ4v) is 2.15. The van der Waals surface area contributed by atoms with Gasteiger partial charge in [-0.1, -0.05) is 25.1 Å². The maximum Gasteiger partial charge on any atom is 0.348 e. The van der Waals surface area contributed by atoms with Crippen molar-refractivity contribution >= 4 is 22.9 Å². The Balaban J connectivity index is 2.48. The van der Waals surface area contributed by atoms with Crippen LogP contribution in [0.25, 0.3) is 17.0 Å². The smallest absolute Gasteiger partial charge is 0.348 e. The number of nitrogens with one attached hydrogen (secondary N) is 1. The predicted molar refractivity (Wildman–Crippen MR) is 77.9 cm³/mol. The molecule has 0 fully saturated rings. The summed E-state index contributed by atoms with van der Waals surface area (Å²) in [6.07, 6.45) is 4.29. The average molecular weight is 268 g/mol. The lowest BCUT2D eigenvalue weighted by Gasteiger charge is -2.00. The van der Waals surface area contributed by atoms with Gasteiger partial charge in [0.1, 0.15) is 11.6 Å². The topological polar surface area (TPSA) is 65.9 Å². The zero-order valence-corrected chi connectivity index (χ0v) is 11.6. The molecule has 0 atom stereocenters. The molecule has 0 radical (unpaired) electrons. The van der Waals surface area contributed by atoms with Gasteiger partial charge in [-0.3, -0.25) is 0 Å². The number of ether oxygens (including phenoxy) is 1. The highest BCUT2D eigenvalue weighted by Gasteiger charge is 2.12. The Kier molecular flexibility index (Phi) is 4.21. The molecule has 1 N–H and O–H groups in total. The fourth-order valence-electron chi connectivity index (χ4n) is 2.15. The van der Waals surface area contributed by atoms with E-state index in [0.29, 0.717) is 0 Å². The number of aromatic nitrogens is 1. The minimum absolute atomic E-state index is 0.00894. The molecule has 0 aliphatic carbocycles. The van der Waals surface area contributed by atoms with Crippen molar-refractivity contribution in [3.05, 3.63) is 41.1 Å². The number of esters is 1. The summed E-state index contributed by atoms with van der Waals surface area (Å²) < 4.78 is 4.86. The summed E-state index contributed by atoms with van der Waals surface area (Å²) in [5.74, 6) is -0.587. The van der Waals surface area contributed by atoms with Gasteiger partial charge in [0.25, 0.3) is 0 Å². The standard InChI is InChI=1S/C16H16N2O2/c1-3-11-6-5-7-14-13(10-18-15(11)14)8-12(9-17)16(19)20-4-2/h5-8,10,18H,3-4H2,1-2H3. The molecule has 1 heterocycles. The zero-order chi connectivity index (χ0) is 14.5. The van der Waals surface area contributed by atoms with Crippen LogP contribution in [-0.2, 0) is 16.0 Å². The number of carbonyl (C=O) groups is 1. The van der Waals surface area contributed by atoms with Gasteiger partial charge in [-0.15, -0.1) is 0 Å². The molecule has 102 valence electrons. The highest BCUT2D eigenvalue weighted by atomic mass is 16.5. The zero-order valence-electron chi connectivity index (χ0n) is 11.6. The Labute approximate surface area is 117 Å². The molecule has 0 amide bonds. The van der Waals surface area contributed by atoms with Gasteiger partial charge < -0.3 is 9.72 Å². The Morgan fingerprint density at radius 2 is 2.25 bits per heavy atom. The molecule has 1 aromatic heterocycles. The molecule has 0 unspecified atom stereocenters. The van der Waals surface area contributed by atoms with Crippen LogP contribution in [0.15, 0.2) is 30.0 Å². The first-order valence-electron chi connectivity index (χ1n) is 6.59. The molecule has 2 aromatic rings. The lowest BCUT2D eigenvalue weighted by molar-refractivity contribution is -0.137. The monoisotopic (exact) mass is 268 g/mol. The van der Waals surface area contributed by atoms with Gasteiger partial charge in [-0.25, -0.2) is 4.79 Å². The SMILES string of the molecule is CCOC(=O)C(C#N)=Cc1c[nH]c2c(CC)cccc12. The second-order valence-corrected chi connectivity index (χ2v) is 4.33. The molecule has 4 heteroatoms. The summed E-state index contributed by atoms with van der Waals surface area (Å²) >= 11 is 0. The minimum Gasteiger partial charge on any atom is -0.462 e. The van der Waals surface area contributed by atoms with Gasteiger partial charge >= 0.3 is 5.97 Å². The molecule has 2 rings (SSSR count). The Morgan fingerprint density at radius 3 is 2.90 bits per heavy atom. The Hall–Kier alpha value is -2.54. The second kappa shape index (κ2) is 6.07. The largest absolute Gasteiger partial charge is 0.462 e. The fraction of sp³-hybridized carbons (Fsp3) is 0.250. The van der Waals surface area contributed by atoms with Gasteiger partial charge in [-0.05, 0) is 25.0 Å². The van der Waals surface area contributed by atoms with E-state index in [0.717, 1.165) is 22.9 Å². The van der Waals surface area contributed by atoms with E-state index in [-0.39, 0.29) is 12.2 Å². The quantitative estimate of drug-likeness (QED) is 0.526. The number of nitrogens with zero attached hydrogens (tertiary/aromatic N) is 1. The molecule has 4 nitrogen and oxygen atoms in total. The molecule has 0 saturated heterocycles. The summed E-state index contributed by atoms with van der Waals surface area (Å²) in [5, 5.41) is 10.1. The highest BCUT2D eigenvalue weighted by molar-refractivity contribution is 6.01. The second-order valence-electron chi connectivity index (χ2n) is 4.33. The van der Waals surface area contributed by atoms with E-state index in [4.69, 9.17) is 10.00 Å². The maximum atomic E-state index is 11.6. The molecule has 0 bridgehead atoms. The number of carbonyl (C=O) groups excluding carboxylic acids is 1. The van der Waals surface area contributed by atoms with Crippen LogP contribution in [0.4, 0.5) is 0 Å². The summed E-state index contributed by atoms with van der Waals surface area (Å²) in [4.78, 5) is 14.8. The lowest BCUT2D eigenvalue weighted by Crippen LogP contribution is -2.05. The van der Waals surface area contributed by atoms with Crippen molar-refractivity contribution in [1.82, 2.24) is 4.98 Å². The van der Waals surface area contributed by atoms with Crippen LogP contribution in [0, 0.1) is 11.3 Å². The summed E-state index contributed by atoms with van der Waals surface area (Å²) in [5.41, 5.74) is 3.08. The third kappa shape index (κ3) is 2.57. The Morgan fingerprint density at radius 1 is 1.45 bits per heavy atom. The van der Waals surface area contributed by atoms with E-state index in [2.05, 4.69) is 18.0 Å². The summed E-state index contributed by atoms with van der Waals surface area (Å²) in [7, 11) is 0. The first-order valence-corrected chi connectivity index (χ1v) is 6.59. The van der Waals surface area contributed by atoms with Gasteiger partial charge in [0.05, 0.1) is 6.61 Å². The van der Waals surface area contributed by atoms with E-state index < -0.39 is 5.97 Å². The number of hydrogen-bond donors (Lipinski definition) is 1. The van der Waals surface area contributed by atoms with E-state index in [1.807, 2.05) is 18.2 Å². The summed E-state index contributed by atoms with van der Waals surface area (Å²) in [6, 6.07) is 7.89. The molecule has 1 aromatic carbocycles. The van der Waals surface area contributed by atoms with Gasteiger partial charge in [-0.2, -0.15) is 5.26 Å². The van der Waals surface area contributed by atoms with Crippen LogP contribution in [-0.4, -0.2) is 17.6 Å². The van der Waals surface area contributed by atoms with Crippen LogP contribution in [0.2, 0.25) is 0 Å². The molecule has 0 aliphatic rings. The maximum absolute atomic E-state index is 11.6. The van der Waals surface area contributed by atoms with Gasteiger partial charge in [0, 0.05) is 22.7 Å². The first kappa shape index (κ1) is 13.9. The van der Waals surface area contributed by atoms with Crippen molar-refractivity contribution < 1.29 is 9.53 Å². The van der Waals surface area contributed by atoms with Crippen LogP contribution >= 0.6 is 0 Å². The first-order chi connectivity index (χ1) is 9.71. The Bertz CT molecular complexity index is 705. The number of benzene rings is 1. The van der Waals surface area contributed by atoms with Crippen LogP contribution in [0.3, 0.4) is 0 Å². The van der Waals surface area contributed by atoms with Crippen molar-refractivity contribution in [2.24, 2.45) is 0 Å². The number of H-pyrrole nitrogens is 1.